The summed E-state index contributed by atoms with van der Waals surface area (Å²) in [6, 6.07) is 66.6. The summed E-state index contributed by atoms with van der Waals surface area (Å²) in [6.45, 7) is 8.12. The topological polar surface area (TPSA) is 248 Å². The predicted molar refractivity (Wildman–Crippen MR) is 365 cm³/mol. The van der Waals surface area contributed by atoms with Crippen LogP contribution in [0.1, 0.15) is 49.9 Å². The molecule has 9 aromatic carbocycles. The minimum atomic E-state index is -1.55. The van der Waals surface area contributed by atoms with Crippen molar-refractivity contribution in [3.05, 3.63) is 244 Å². The average Bonchev–Trinajstić information content (AvgIpc) is 2.55. The van der Waals surface area contributed by atoms with Gasteiger partial charge in [0.05, 0.1) is 75.2 Å². The molecule has 1 saturated heterocycles. The first-order valence-corrected chi connectivity index (χ1v) is 29.1. The molecule has 454 valence electrons. The van der Waals surface area contributed by atoms with Gasteiger partial charge in [-0.2, -0.15) is 0 Å². The number of hydrogen-bond acceptors (Lipinski definition) is 16. The minimum Gasteiger partial charge on any atom is -0.495 e. The number of nitrogens with two attached hydrogens (primary N) is 3. The molecule has 1 heterocycles. The van der Waals surface area contributed by atoms with Gasteiger partial charge in [0.25, 0.3) is 0 Å². The quantitative estimate of drug-likeness (QED) is 0.0304. The van der Waals surface area contributed by atoms with E-state index < -0.39 is 14.2 Å². The number of nitrogen functional groups attached to an aromatic ring is 3. The predicted octanol–water partition coefficient (Wildman–Crippen LogP) is 10.7. The molecule has 0 saturated carbocycles. The average molecular weight is 1320 g/mol. The van der Waals surface area contributed by atoms with Crippen LogP contribution in [0.5, 0.6) is 28.7 Å². The second-order valence-corrected chi connectivity index (χ2v) is 22.2. The molecule has 0 unspecified atom stereocenters. The third-order valence-electron chi connectivity index (χ3n) is 13.8. The smallest absolute Gasteiger partial charge is 0.494 e. The molecule has 0 aliphatic carbocycles. The zero-order valence-corrected chi connectivity index (χ0v) is 53.6. The Kier molecular flexibility index (Phi) is 25.9. The Bertz CT molecular complexity index is 3630. The largest absolute Gasteiger partial charge is 0.495 e. The highest BCUT2D eigenvalue weighted by molar-refractivity contribution is 9.10. The lowest BCUT2D eigenvalue weighted by Crippen LogP contribution is -2.41. The minimum absolute atomic E-state index is 0.341. The fourth-order valence-electron chi connectivity index (χ4n) is 8.33. The van der Waals surface area contributed by atoms with E-state index >= 15 is 0 Å². The number of rotatable bonds is 14. The summed E-state index contributed by atoms with van der Waals surface area (Å²) in [5.74, 6) is 3.01. The van der Waals surface area contributed by atoms with E-state index in [0.29, 0.717) is 56.7 Å². The highest BCUT2D eigenvalue weighted by atomic mass is 79.9. The molecule has 0 atom stereocenters. The highest BCUT2D eigenvalue weighted by Crippen LogP contribution is 2.37. The second kappa shape index (κ2) is 33.1. The van der Waals surface area contributed by atoms with Crippen molar-refractivity contribution in [3.8, 4) is 28.7 Å². The molecular formula is C67H72B3Br2N5O11. The van der Waals surface area contributed by atoms with Gasteiger partial charge in [-0.15, -0.1) is 0 Å². The number of hydrogen-bond donors (Lipinski definition) is 7. The summed E-state index contributed by atoms with van der Waals surface area (Å²) >= 11 is 6.77. The second-order valence-electron chi connectivity index (χ2n) is 20.4. The lowest BCUT2D eigenvalue weighted by Gasteiger charge is -2.32. The summed E-state index contributed by atoms with van der Waals surface area (Å²) in [4.78, 5) is 9.68. The Morgan fingerprint density at radius 1 is 0.398 bits per heavy atom. The van der Waals surface area contributed by atoms with Gasteiger partial charge in [0, 0.05) is 31.2 Å². The summed E-state index contributed by atoms with van der Waals surface area (Å²) in [5, 5.41) is 36.3. The zero-order valence-electron chi connectivity index (χ0n) is 50.5. The monoisotopic (exact) mass is 1310 g/mol. The fourth-order valence-corrected chi connectivity index (χ4v) is 9.01. The van der Waals surface area contributed by atoms with Crippen LogP contribution in [-0.4, -0.2) is 99.6 Å². The van der Waals surface area contributed by atoms with E-state index in [1.807, 2.05) is 167 Å². The summed E-state index contributed by atoms with van der Waals surface area (Å²) < 4.78 is 39.8. The van der Waals surface area contributed by atoms with Gasteiger partial charge in [0.2, 0.25) is 0 Å². The van der Waals surface area contributed by atoms with Crippen molar-refractivity contribution in [2.75, 3.05) is 52.7 Å². The Hall–Kier alpha value is -8.37. The van der Waals surface area contributed by atoms with Crippen LogP contribution in [0.3, 0.4) is 0 Å². The van der Waals surface area contributed by atoms with Crippen molar-refractivity contribution >= 4 is 109 Å². The molecule has 10 N–H and O–H groups in total. The van der Waals surface area contributed by atoms with E-state index in [2.05, 4.69) is 56.1 Å². The molecule has 1 fully saturated rings. The molecule has 0 bridgehead atoms. The van der Waals surface area contributed by atoms with E-state index in [4.69, 9.17) is 70.2 Å². The van der Waals surface area contributed by atoms with Crippen LogP contribution < -0.4 is 57.3 Å². The normalized spacial score (nSPS) is 12.2. The molecule has 0 amide bonds. The molecule has 1 aliphatic rings. The number of methoxy groups -OCH3 is 5. The van der Waals surface area contributed by atoms with E-state index in [1.54, 1.807) is 57.7 Å². The molecule has 0 spiro atoms. The molecule has 16 nitrogen and oxygen atoms in total. The summed E-state index contributed by atoms with van der Waals surface area (Å²) in [6.07, 6.45) is 0. The first kappa shape index (κ1) is 68.7. The molecular weight excluding hydrogens is 1240 g/mol. The van der Waals surface area contributed by atoms with E-state index in [-0.39, 0.29) is 18.3 Å². The van der Waals surface area contributed by atoms with Crippen molar-refractivity contribution in [3.63, 3.8) is 0 Å². The number of anilines is 3. The van der Waals surface area contributed by atoms with E-state index in [0.717, 1.165) is 59.5 Å². The number of aliphatic imine (C=N–C) groups is 2. The lowest BCUT2D eigenvalue weighted by molar-refractivity contribution is 0.00578. The standard InChI is InChI=1S/C20H18BNO3.C20H16BrNO.C13H20BNO3.C7H10BNO3.C7H8BrNO/c1-25-19-14-17(21(23)24)12-13-18(19)22-20(15-8-4-2-5-9-15)16-10-6-3-7-11-16;1-23-19-14-17(21)12-13-18(19)22-20(15-8-4-2-5-9-15)16-10-6-3-7-11-16;1-12(2)13(3,4)18-14(17-12)9-6-7-10(15)11(8-9)16-5;1-12-7-4-5(8(10)11)2-3-6(7)9;1-10-7-4-5(8)2-3-6(7)9/h2-14,23-24H,1H3;2-14H,1H3;6-8H,15H2,1-5H3;2-4,10-11H,9H2,1H3;2-4H,9H2,1H3. The van der Waals surface area contributed by atoms with Gasteiger partial charge in [-0.05, 0) is 117 Å². The Balaban J connectivity index is 0.000000182. The van der Waals surface area contributed by atoms with Gasteiger partial charge in [-0.25, -0.2) is 9.98 Å². The van der Waals surface area contributed by atoms with Gasteiger partial charge in [-0.3, -0.25) is 0 Å². The molecule has 0 radical (unpaired) electrons. The first-order valence-electron chi connectivity index (χ1n) is 27.6. The maximum absolute atomic E-state index is 9.34. The fraction of sp³-hybridized carbons (Fsp3) is 0.164. The molecule has 88 heavy (non-hydrogen) atoms. The van der Waals surface area contributed by atoms with Crippen molar-refractivity contribution < 1.29 is 53.1 Å². The van der Waals surface area contributed by atoms with Crippen molar-refractivity contribution in [1.29, 1.82) is 0 Å². The molecule has 21 heteroatoms. The lowest BCUT2D eigenvalue weighted by atomic mass is 9.79. The van der Waals surface area contributed by atoms with Gasteiger partial charge in [0.15, 0.2) is 0 Å². The Morgan fingerprint density at radius 3 is 1.07 bits per heavy atom. The maximum Gasteiger partial charge on any atom is 0.494 e. The van der Waals surface area contributed by atoms with Crippen LogP contribution in [0, 0.1) is 0 Å². The molecule has 9 aromatic rings. The third-order valence-corrected chi connectivity index (χ3v) is 14.8. The number of benzene rings is 9. The summed E-state index contributed by atoms with van der Waals surface area (Å²) in [5.41, 5.74) is 26.8. The number of ether oxygens (including phenoxy) is 5. The molecule has 10 rings (SSSR count). The van der Waals surface area contributed by atoms with Crippen LogP contribution in [0.2, 0.25) is 0 Å². The third kappa shape index (κ3) is 19.3. The number of halogens is 2. The van der Waals surface area contributed by atoms with Crippen LogP contribution in [0.15, 0.2) is 231 Å². The first-order chi connectivity index (χ1) is 42.1. The van der Waals surface area contributed by atoms with Crippen molar-refractivity contribution in [2.24, 2.45) is 9.98 Å². The number of nitrogens with zero attached hydrogens (tertiary/aromatic N) is 2. The van der Waals surface area contributed by atoms with Crippen LogP contribution >= 0.6 is 31.9 Å². The van der Waals surface area contributed by atoms with Crippen molar-refractivity contribution in [1.82, 2.24) is 0 Å². The van der Waals surface area contributed by atoms with Crippen LogP contribution in [0.25, 0.3) is 0 Å². The van der Waals surface area contributed by atoms with Crippen molar-refractivity contribution in [2.45, 2.75) is 38.9 Å². The Morgan fingerprint density at radius 2 is 0.693 bits per heavy atom. The molecule has 1 aliphatic heterocycles. The van der Waals surface area contributed by atoms with Gasteiger partial charge in [-0.1, -0.05) is 171 Å². The maximum atomic E-state index is 9.34. The van der Waals surface area contributed by atoms with E-state index in [1.165, 1.54) is 26.4 Å². The van der Waals surface area contributed by atoms with Crippen LogP contribution in [-0.2, 0) is 9.31 Å². The summed E-state index contributed by atoms with van der Waals surface area (Å²) in [7, 11) is 4.44. The zero-order chi connectivity index (χ0) is 64.0. The molecule has 0 aromatic heterocycles. The van der Waals surface area contributed by atoms with E-state index in [9.17, 15) is 10.0 Å². The Labute approximate surface area is 533 Å². The van der Waals surface area contributed by atoms with Gasteiger partial charge >= 0.3 is 21.4 Å². The SMILES string of the molecule is COc1cc(B(O)O)ccc1N.COc1cc(B(O)O)ccc1N=C(c1ccccc1)c1ccccc1.COc1cc(B2OC(C)(C)C(C)(C)O2)ccc1N.COc1cc(Br)ccc1N.COc1cc(Br)ccc1N=C(c1ccccc1)c1ccccc1. The van der Waals surface area contributed by atoms with Gasteiger partial charge < -0.3 is 70.3 Å². The highest BCUT2D eigenvalue weighted by Gasteiger charge is 2.51. The van der Waals surface area contributed by atoms with Gasteiger partial charge in [0.1, 0.15) is 40.1 Å². The van der Waals surface area contributed by atoms with Crippen LogP contribution in [0.4, 0.5) is 28.4 Å².